The molecule has 0 aliphatic heterocycles. The molecule has 1 N–H and O–H groups in total. The van der Waals surface area contributed by atoms with E-state index in [-0.39, 0.29) is 0 Å². The summed E-state index contributed by atoms with van der Waals surface area (Å²) in [5, 5.41) is 11.8. The zero-order chi connectivity index (χ0) is 14.1. The molecule has 0 aliphatic carbocycles. The van der Waals surface area contributed by atoms with Crippen molar-refractivity contribution in [1.29, 1.82) is 0 Å². The molecular formula is C8H8F6N2O2. The third kappa shape index (κ3) is 3.86. The minimum atomic E-state index is -4.92. The summed E-state index contributed by atoms with van der Waals surface area (Å²) in [4.78, 5) is 3.17. The third-order valence-corrected chi connectivity index (χ3v) is 2.04. The Morgan fingerprint density at radius 2 is 1.78 bits per heavy atom. The van der Waals surface area contributed by atoms with Gasteiger partial charge in [-0.3, -0.25) is 0 Å². The fourth-order valence-electron chi connectivity index (χ4n) is 1.12. The predicted molar refractivity (Wildman–Crippen MR) is 44.5 cm³/mol. The molecule has 0 saturated carbocycles. The van der Waals surface area contributed by atoms with Crippen molar-refractivity contribution in [2.24, 2.45) is 0 Å². The van der Waals surface area contributed by atoms with Crippen LogP contribution >= 0.6 is 0 Å². The fraction of sp³-hybridized carbons (Fsp3) is 0.750. The highest BCUT2D eigenvalue weighted by molar-refractivity contribution is 4.98. The first-order valence-electron chi connectivity index (χ1n) is 4.64. The molecule has 10 heteroatoms. The van der Waals surface area contributed by atoms with E-state index < -0.39 is 42.5 Å². The maximum atomic E-state index is 12.1. The lowest BCUT2D eigenvalue weighted by Crippen LogP contribution is -2.33. The molecular weight excluding hydrogens is 270 g/mol. The normalized spacial score (nSPS) is 16.7. The van der Waals surface area contributed by atoms with Crippen LogP contribution in [0.4, 0.5) is 26.3 Å². The number of alkyl halides is 6. The lowest BCUT2D eigenvalue weighted by molar-refractivity contribution is -0.210. The van der Waals surface area contributed by atoms with Gasteiger partial charge < -0.3 is 9.63 Å². The third-order valence-electron chi connectivity index (χ3n) is 2.04. The molecule has 0 spiro atoms. The Labute approximate surface area is 96.6 Å². The number of halogens is 6. The van der Waals surface area contributed by atoms with E-state index in [1.54, 1.807) is 0 Å². The number of rotatable bonds is 3. The summed E-state index contributed by atoms with van der Waals surface area (Å²) >= 11 is 0. The lowest BCUT2D eigenvalue weighted by Gasteiger charge is -2.17. The second-order valence-corrected chi connectivity index (χ2v) is 3.62. The van der Waals surface area contributed by atoms with Gasteiger partial charge in [0.15, 0.2) is 11.9 Å². The van der Waals surface area contributed by atoms with Gasteiger partial charge in [0.05, 0.1) is 5.92 Å². The highest BCUT2D eigenvalue weighted by atomic mass is 19.4. The predicted octanol–water partition coefficient (Wildman–Crippen LogP) is 2.20. The smallest absolute Gasteiger partial charge is 0.383 e. The number of hydrogen-bond acceptors (Lipinski definition) is 4. The van der Waals surface area contributed by atoms with Crippen LogP contribution < -0.4 is 0 Å². The molecule has 0 aliphatic rings. The summed E-state index contributed by atoms with van der Waals surface area (Å²) in [5.41, 5.74) is 0. The summed E-state index contributed by atoms with van der Waals surface area (Å²) in [7, 11) is 0. The van der Waals surface area contributed by atoms with Crippen molar-refractivity contribution < 1.29 is 36.0 Å². The highest BCUT2D eigenvalue weighted by Gasteiger charge is 2.44. The van der Waals surface area contributed by atoms with Crippen molar-refractivity contribution in [2.75, 3.05) is 0 Å². The molecule has 4 nitrogen and oxygen atoms in total. The standard InChI is InChI=1S/C8H8F6N2O2/c1-3(5(17)8(12,13)14)6-15-4(16-18-6)2-7(9,10)11/h3,5,17H,2H2,1H3. The van der Waals surface area contributed by atoms with E-state index in [0.717, 1.165) is 6.92 Å². The molecule has 0 amide bonds. The largest absolute Gasteiger partial charge is 0.415 e. The Morgan fingerprint density at radius 3 is 2.22 bits per heavy atom. The van der Waals surface area contributed by atoms with E-state index in [0.29, 0.717) is 0 Å². The second kappa shape index (κ2) is 4.75. The van der Waals surface area contributed by atoms with Gasteiger partial charge in [0.1, 0.15) is 6.42 Å². The first-order valence-corrected chi connectivity index (χ1v) is 4.64. The molecule has 18 heavy (non-hydrogen) atoms. The zero-order valence-electron chi connectivity index (χ0n) is 8.88. The van der Waals surface area contributed by atoms with Gasteiger partial charge in [0.2, 0.25) is 5.89 Å². The van der Waals surface area contributed by atoms with E-state index in [9.17, 15) is 26.3 Å². The Hall–Kier alpha value is -1.32. The van der Waals surface area contributed by atoms with Gasteiger partial charge in [-0.25, -0.2) is 0 Å². The molecule has 0 aromatic carbocycles. The van der Waals surface area contributed by atoms with Crippen LogP contribution in [0.5, 0.6) is 0 Å². The summed E-state index contributed by atoms with van der Waals surface area (Å²) in [6.45, 7) is 0.920. The minimum Gasteiger partial charge on any atom is -0.383 e. The number of aliphatic hydroxyl groups is 1. The Bertz CT molecular complexity index is 399. The zero-order valence-corrected chi connectivity index (χ0v) is 8.88. The van der Waals surface area contributed by atoms with Crippen molar-refractivity contribution in [3.05, 3.63) is 11.7 Å². The monoisotopic (exact) mass is 278 g/mol. The molecule has 0 bridgehead atoms. The number of aliphatic hydroxyl groups excluding tert-OH is 1. The quantitative estimate of drug-likeness (QED) is 0.861. The lowest BCUT2D eigenvalue weighted by atomic mass is 10.1. The summed E-state index contributed by atoms with van der Waals surface area (Å²) in [6.07, 6.45) is -13.8. The molecule has 0 saturated heterocycles. The van der Waals surface area contributed by atoms with Gasteiger partial charge in [-0.15, -0.1) is 0 Å². The van der Waals surface area contributed by atoms with Crippen molar-refractivity contribution in [3.63, 3.8) is 0 Å². The first-order chi connectivity index (χ1) is 8.00. The maximum absolute atomic E-state index is 12.1. The molecule has 1 heterocycles. The summed E-state index contributed by atoms with van der Waals surface area (Å²) in [5.74, 6) is -3.11. The molecule has 2 atom stereocenters. The summed E-state index contributed by atoms with van der Waals surface area (Å²) < 4.78 is 76.5. The number of nitrogens with zero attached hydrogens (tertiary/aromatic N) is 2. The van der Waals surface area contributed by atoms with Gasteiger partial charge in [-0.2, -0.15) is 31.3 Å². The molecule has 1 rings (SSSR count). The van der Waals surface area contributed by atoms with Crippen LogP contribution in [-0.2, 0) is 6.42 Å². The van der Waals surface area contributed by atoms with Crippen molar-refractivity contribution >= 4 is 0 Å². The van der Waals surface area contributed by atoms with Crippen LogP contribution in [0.3, 0.4) is 0 Å². The van der Waals surface area contributed by atoms with Crippen LogP contribution in [0.15, 0.2) is 4.52 Å². The van der Waals surface area contributed by atoms with Crippen LogP contribution in [0.25, 0.3) is 0 Å². The average molecular weight is 278 g/mol. The molecule has 1 aromatic rings. The van der Waals surface area contributed by atoms with Gasteiger partial charge in [-0.1, -0.05) is 12.1 Å². The molecule has 104 valence electrons. The molecule has 1 aromatic heterocycles. The minimum absolute atomic E-state index is 0.695. The van der Waals surface area contributed by atoms with E-state index in [1.807, 2.05) is 0 Å². The van der Waals surface area contributed by atoms with E-state index >= 15 is 0 Å². The number of hydrogen-bond donors (Lipinski definition) is 1. The van der Waals surface area contributed by atoms with E-state index in [2.05, 4.69) is 14.7 Å². The van der Waals surface area contributed by atoms with Crippen molar-refractivity contribution in [1.82, 2.24) is 10.1 Å². The van der Waals surface area contributed by atoms with Crippen LogP contribution in [0.2, 0.25) is 0 Å². The second-order valence-electron chi connectivity index (χ2n) is 3.62. The molecule has 0 fully saturated rings. The van der Waals surface area contributed by atoms with E-state index in [4.69, 9.17) is 5.11 Å². The average Bonchev–Trinajstić information content (AvgIpc) is 2.59. The topological polar surface area (TPSA) is 59.2 Å². The van der Waals surface area contributed by atoms with Gasteiger partial charge in [0, 0.05) is 0 Å². The van der Waals surface area contributed by atoms with E-state index in [1.165, 1.54) is 0 Å². The molecule has 0 radical (unpaired) electrons. The van der Waals surface area contributed by atoms with Crippen molar-refractivity contribution in [3.8, 4) is 0 Å². The maximum Gasteiger partial charge on any atom is 0.415 e. The SMILES string of the molecule is CC(c1nc(CC(F)(F)F)no1)C(O)C(F)(F)F. The van der Waals surface area contributed by atoms with Gasteiger partial charge in [-0.05, 0) is 0 Å². The van der Waals surface area contributed by atoms with Crippen LogP contribution in [0, 0.1) is 0 Å². The van der Waals surface area contributed by atoms with Crippen molar-refractivity contribution in [2.45, 2.75) is 37.7 Å². The summed E-state index contributed by atoms with van der Waals surface area (Å²) in [6, 6.07) is 0. The Kier molecular flexibility index (Phi) is 3.89. The fourth-order valence-corrected chi connectivity index (χ4v) is 1.12. The Balaban J connectivity index is 2.80. The molecule has 2 unspecified atom stereocenters. The Morgan fingerprint density at radius 1 is 1.22 bits per heavy atom. The first kappa shape index (κ1) is 14.7. The van der Waals surface area contributed by atoms with Gasteiger partial charge in [0.25, 0.3) is 0 Å². The van der Waals surface area contributed by atoms with Gasteiger partial charge >= 0.3 is 12.4 Å². The van der Waals surface area contributed by atoms with Crippen LogP contribution in [-0.4, -0.2) is 33.7 Å². The van der Waals surface area contributed by atoms with Crippen LogP contribution in [0.1, 0.15) is 24.6 Å². The number of aromatic nitrogens is 2. The highest BCUT2D eigenvalue weighted by Crippen LogP contribution is 2.31.